The second-order valence-electron chi connectivity index (χ2n) is 6.11. The lowest BCUT2D eigenvalue weighted by molar-refractivity contribution is -0.126. The minimum Gasteiger partial charge on any atom is -0.341 e. The number of aryl methyl sites for hydroxylation is 1. The topological polar surface area (TPSA) is 49.4 Å². The van der Waals surface area contributed by atoms with Crippen molar-refractivity contribution in [1.29, 1.82) is 0 Å². The number of anilines is 1. The summed E-state index contributed by atoms with van der Waals surface area (Å²) in [5, 5.41) is 2.80. The summed E-state index contributed by atoms with van der Waals surface area (Å²) in [6.07, 6.45) is 1.69. The number of rotatable bonds is 5. The number of hydrogen-bond donors (Lipinski definition) is 1. The van der Waals surface area contributed by atoms with E-state index < -0.39 is 6.04 Å². The van der Waals surface area contributed by atoms with Crippen LogP contribution in [0.4, 0.5) is 5.69 Å². The summed E-state index contributed by atoms with van der Waals surface area (Å²) >= 11 is 0. The monoisotopic (exact) mass is 322 g/mol. The normalized spacial score (nSPS) is 16.2. The number of nitrogens with one attached hydrogen (secondary N) is 1. The zero-order chi connectivity index (χ0) is 17.1. The molecule has 0 saturated heterocycles. The first-order valence-corrected chi connectivity index (χ1v) is 8.35. The molecule has 0 unspecified atom stereocenters. The number of benzene rings is 2. The first-order chi connectivity index (χ1) is 11.6. The third-order valence-electron chi connectivity index (χ3n) is 4.43. The molecule has 1 aliphatic heterocycles. The van der Waals surface area contributed by atoms with Gasteiger partial charge >= 0.3 is 0 Å². The van der Waals surface area contributed by atoms with Crippen molar-refractivity contribution in [2.24, 2.45) is 0 Å². The fourth-order valence-corrected chi connectivity index (χ4v) is 3.17. The summed E-state index contributed by atoms with van der Waals surface area (Å²) in [6, 6.07) is 15.6. The Kier molecular flexibility index (Phi) is 4.65. The van der Waals surface area contributed by atoms with Crippen LogP contribution in [-0.2, 0) is 22.4 Å². The van der Waals surface area contributed by atoms with Gasteiger partial charge in [-0.1, -0.05) is 49.4 Å². The maximum Gasteiger partial charge on any atom is 0.254 e. The highest BCUT2D eigenvalue weighted by atomic mass is 16.2. The van der Waals surface area contributed by atoms with Gasteiger partial charge in [-0.05, 0) is 30.0 Å². The van der Waals surface area contributed by atoms with Crippen LogP contribution in [-0.4, -0.2) is 18.4 Å². The Morgan fingerprint density at radius 3 is 2.54 bits per heavy atom. The number of hydrogen-bond acceptors (Lipinski definition) is 2. The molecule has 1 heterocycles. The minimum absolute atomic E-state index is 0.0515. The van der Waals surface area contributed by atoms with Gasteiger partial charge in [0.25, 0.3) is 5.91 Å². The quantitative estimate of drug-likeness (QED) is 0.920. The lowest BCUT2D eigenvalue weighted by Gasteiger charge is -2.18. The van der Waals surface area contributed by atoms with Crippen LogP contribution in [0, 0.1) is 0 Å². The third-order valence-corrected chi connectivity index (χ3v) is 4.43. The van der Waals surface area contributed by atoms with Gasteiger partial charge in [-0.3, -0.25) is 9.59 Å². The maximum atomic E-state index is 12.8. The smallest absolute Gasteiger partial charge is 0.254 e. The highest BCUT2D eigenvalue weighted by Gasteiger charge is 2.37. The molecule has 24 heavy (non-hydrogen) atoms. The van der Waals surface area contributed by atoms with Crippen molar-refractivity contribution < 1.29 is 9.59 Å². The van der Waals surface area contributed by atoms with E-state index in [2.05, 4.69) is 30.4 Å². The van der Waals surface area contributed by atoms with Gasteiger partial charge in [-0.25, -0.2) is 0 Å². The minimum atomic E-state index is -0.570. The molecular weight excluding hydrogens is 300 g/mol. The van der Waals surface area contributed by atoms with E-state index in [4.69, 9.17) is 0 Å². The average molecular weight is 322 g/mol. The summed E-state index contributed by atoms with van der Waals surface area (Å²) in [6.45, 7) is 4.14. The van der Waals surface area contributed by atoms with Crippen LogP contribution in [0.15, 0.2) is 48.5 Å². The Bertz CT molecular complexity index is 755. The molecule has 1 atom stereocenters. The van der Waals surface area contributed by atoms with Crippen molar-refractivity contribution in [3.8, 4) is 0 Å². The predicted molar refractivity (Wildman–Crippen MR) is 94.9 cm³/mol. The zero-order valence-electron chi connectivity index (χ0n) is 14.1. The third kappa shape index (κ3) is 3.18. The van der Waals surface area contributed by atoms with Crippen molar-refractivity contribution in [2.45, 2.75) is 32.7 Å². The van der Waals surface area contributed by atoms with Crippen LogP contribution in [0.1, 0.15) is 36.6 Å². The lowest BCUT2D eigenvalue weighted by Crippen LogP contribution is -2.37. The first-order valence-electron chi connectivity index (χ1n) is 8.35. The van der Waals surface area contributed by atoms with Crippen LogP contribution < -0.4 is 10.2 Å². The van der Waals surface area contributed by atoms with E-state index in [9.17, 15) is 9.59 Å². The van der Waals surface area contributed by atoms with E-state index in [1.165, 1.54) is 18.1 Å². The van der Waals surface area contributed by atoms with Gasteiger partial charge in [0.05, 0.1) is 0 Å². The molecule has 1 N–H and O–H groups in total. The Hall–Kier alpha value is -2.62. The van der Waals surface area contributed by atoms with E-state index in [1.807, 2.05) is 30.3 Å². The molecule has 0 fully saturated rings. The van der Waals surface area contributed by atoms with Crippen LogP contribution in [0.25, 0.3) is 0 Å². The van der Waals surface area contributed by atoms with Crippen molar-refractivity contribution in [2.75, 3.05) is 11.4 Å². The zero-order valence-corrected chi connectivity index (χ0v) is 14.1. The van der Waals surface area contributed by atoms with Crippen LogP contribution in [0.3, 0.4) is 0 Å². The molecule has 1 aliphatic rings. The predicted octanol–water partition coefficient (Wildman–Crippen LogP) is 3.02. The highest BCUT2D eigenvalue weighted by molar-refractivity contribution is 6.06. The van der Waals surface area contributed by atoms with Crippen LogP contribution in [0.5, 0.6) is 0 Å². The Balaban J connectivity index is 1.87. The van der Waals surface area contributed by atoms with Crippen LogP contribution >= 0.6 is 0 Å². The molecule has 2 aromatic rings. The van der Waals surface area contributed by atoms with Crippen molar-refractivity contribution in [1.82, 2.24) is 5.32 Å². The SMILES string of the molecule is CCc1ccc2c(c1)[C@@H](NC(C)=O)C(=O)N2CCc1ccccc1. The number of nitrogens with zero attached hydrogens (tertiary/aromatic N) is 1. The average Bonchev–Trinajstić information content (AvgIpc) is 2.85. The molecule has 0 saturated carbocycles. The molecule has 4 heteroatoms. The molecule has 4 nitrogen and oxygen atoms in total. The van der Waals surface area contributed by atoms with Crippen molar-refractivity contribution >= 4 is 17.5 Å². The molecule has 0 bridgehead atoms. The van der Waals surface area contributed by atoms with Crippen LogP contribution in [0.2, 0.25) is 0 Å². The lowest BCUT2D eigenvalue weighted by atomic mass is 10.0. The van der Waals surface area contributed by atoms with Gasteiger partial charge < -0.3 is 10.2 Å². The summed E-state index contributed by atoms with van der Waals surface area (Å²) in [5.74, 6) is -0.240. The summed E-state index contributed by atoms with van der Waals surface area (Å²) in [5.41, 5.74) is 4.18. The number of amides is 2. The van der Waals surface area contributed by atoms with Gasteiger partial charge in [0, 0.05) is 24.7 Å². The van der Waals surface area contributed by atoms with E-state index in [1.54, 1.807) is 4.90 Å². The fourth-order valence-electron chi connectivity index (χ4n) is 3.17. The molecule has 124 valence electrons. The summed E-state index contributed by atoms with van der Waals surface area (Å²) < 4.78 is 0. The molecule has 0 aromatic heterocycles. The van der Waals surface area contributed by atoms with Gasteiger partial charge in [0.1, 0.15) is 6.04 Å². The van der Waals surface area contributed by atoms with Gasteiger partial charge in [-0.15, -0.1) is 0 Å². The van der Waals surface area contributed by atoms with E-state index in [0.29, 0.717) is 6.54 Å². The molecule has 3 rings (SSSR count). The van der Waals surface area contributed by atoms with Gasteiger partial charge in [-0.2, -0.15) is 0 Å². The Morgan fingerprint density at radius 1 is 1.12 bits per heavy atom. The number of fused-ring (bicyclic) bond motifs is 1. The number of carbonyl (C=O) groups is 2. The van der Waals surface area contributed by atoms with Crippen molar-refractivity contribution in [3.05, 3.63) is 65.2 Å². The molecule has 2 aromatic carbocycles. The molecule has 0 radical (unpaired) electrons. The van der Waals surface area contributed by atoms with Crippen molar-refractivity contribution in [3.63, 3.8) is 0 Å². The largest absolute Gasteiger partial charge is 0.341 e. The first kappa shape index (κ1) is 16.2. The molecular formula is C20H22N2O2. The second kappa shape index (κ2) is 6.87. The standard InChI is InChI=1S/C20H22N2O2/c1-3-15-9-10-18-17(13-15)19(21-14(2)23)20(24)22(18)12-11-16-7-5-4-6-8-16/h4-10,13,19H,3,11-12H2,1-2H3,(H,21,23)/t19-/m1/s1. The molecule has 0 aliphatic carbocycles. The summed E-state index contributed by atoms with van der Waals surface area (Å²) in [4.78, 5) is 26.1. The maximum absolute atomic E-state index is 12.8. The van der Waals surface area contributed by atoms with E-state index in [-0.39, 0.29) is 11.8 Å². The van der Waals surface area contributed by atoms with Gasteiger partial charge in [0.15, 0.2) is 0 Å². The Labute approximate surface area is 142 Å². The van der Waals surface area contributed by atoms with Gasteiger partial charge in [0.2, 0.25) is 5.91 Å². The van der Waals surface area contributed by atoms with E-state index in [0.717, 1.165) is 24.1 Å². The number of carbonyl (C=O) groups excluding carboxylic acids is 2. The summed E-state index contributed by atoms with van der Waals surface area (Å²) in [7, 11) is 0. The fraction of sp³-hybridized carbons (Fsp3) is 0.300. The molecule has 2 amide bonds. The van der Waals surface area contributed by atoms with E-state index >= 15 is 0 Å². The Morgan fingerprint density at radius 2 is 1.88 bits per heavy atom. The highest BCUT2D eigenvalue weighted by Crippen LogP contribution is 2.36. The second-order valence-corrected chi connectivity index (χ2v) is 6.11. The molecule has 0 spiro atoms.